The molecule has 0 aromatic heterocycles. The number of unbranched alkanes of at least 4 members (excludes halogenated alkanes) is 35. The van der Waals surface area contributed by atoms with Gasteiger partial charge in [0.25, 0.3) is 0 Å². The Balaban J connectivity index is 2.20. The molecule has 1 amide bonds. The van der Waals surface area contributed by atoms with E-state index in [0.717, 1.165) is 44.9 Å². The number of carbonyl (C=O) groups excluding carboxylic acids is 1. The van der Waals surface area contributed by atoms with Crippen molar-refractivity contribution in [2.24, 2.45) is 0 Å². The van der Waals surface area contributed by atoms with Crippen LogP contribution in [0.4, 0.5) is 0 Å². The molecule has 9 heteroatoms. The number of nitrogens with one attached hydrogen (secondary N) is 1. The summed E-state index contributed by atoms with van der Waals surface area (Å²) in [5.74, 6) is -0.174. The minimum Gasteiger partial charge on any atom is -0.394 e. The monoisotopic (exact) mass is 948 g/mol. The fourth-order valence-electron chi connectivity index (χ4n) is 9.13. The van der Waals surface area contributed by atoms with E-state index in [1.807, 2.05) is 6.08 Å². The van der Waals surface area contributed by atoms with E-state index in [-0.39, 0.29) is 12.5 Å². The summed E-state index contributed by atoms with van der Waals surface area (Å²) in [6.07, 6.45) is 54.9. The first-order valence-electron chi connectivity index (χ1n) is 28.7. The second-order valence-electron chi connectivity index (χ2n) is 20.1. The van der Waals surface area contributed by atoms with Crippen LogP contribution in [0.1, 0.15) is 271 Å². The molecule has 1 fully saturated rings. The molecule has 9 nitrogen and oxygen atoms in total. The molecule has 1 heterocycles. The van der Waals surface area contributed by atoms with Gasteiger partial charge in [0.1, 0.15) is 24.4 Å². The van der Waals surface area contributed by atoms with E-state index in [0.29, 0.717) is 6.42 Å². The zero-order chi connectivity index (χ0) is 48.7. The van der Waals surface area contributed by atoms with Gasteiger partial charge in [-0.2, -0.15) is 0 Å². The maximum absolute atomic E-state index is 13.0. The Hall–Kier alpha value is -1.59. The molecule has 6 N–H and O–H groups in total. The standard InChI is InChI=1S/C58H109NO8/c1-3-5-7-9-11-13-15-17-19-21-22-23-24-25-26-27-28-29-30-32-34-36-38-40-42-44-46-48-54(62)59-51(50-66-58-57(65)56(64)55(63)53(49-60)67-58)52(61)47-45-43-41-39-37-35-33-31-20-18-16-14-12-10-8-6-4-2/h15,17,21-22,45,47,51-53,55-58,60-61,63-65H,3-14,16,18-20,23-44,46,48-50H2,1-2H3,(H,59,62)/b17-15-,22-21-,47-45+. The van der Waals surface area contributed by atoms with Crippen molar-refractivity contribution in [3.8, 4) is 0 Å². The number of amides is 1. The third-order valence-corrected chi connectivity index (χ3v) is 13.7. The van der Waals surface area contributed by atoms with Crippen molar-refractivity contribution in [1.29, 1.82) is 0 Å². The molecule has 1 aliphatic rings. The second kappa shape index (κ2) is 48.1. The lowest BCUT2D eigenvalue weighted by Gasteiger charge is -2.40. The largest absolute Gasteiger partial charge is 0.394 e. The van der Waals surface area contributed by atoms with E-state index in [1.54, 1.807) is 6.08 Å². The minimum absolute atomic E-state index is 0.174. The summed E-state index contributed by atoms with van der Waals surface area (Å²) < 4.78 is 11.3. The van der Waals surface area contributed by atoms with Crippen molar-refractivity contribution in [2.75, 3.05) is 13.2 Å². The Kier molecular flexibility index (Phi) is 45.5. The van der Waals surface area contributed by atoms with E-state index in [4.69, 9.17) is 9.47 Å². The molecule has 0 bridgehead atoms. The van der Waals surface area contributed by atoms with Crippen molar-refractivity contribution in [1.82, 2.24) is 5.32 Å². The molecule has 0 aromatic rings. The number of rotatable bonds is 49. The van der Waals surface area contributed by atoms with Crippen molar-refractivity contribution < 1.29 is 39.8 Å². The van der Waals surface area contributed by atoms with Gasteiger partial charge in [-0.1, -0.05) is 249 Å². The molecule has 67 heavy (non-hydrogen) atoms. The summed E-state index contributed by atoms with van der Waals surface area (Å²) in [4.78, 5) is 13.0. The zero-order valence-electron chi connectivity index (χ0n) is 43.7. The van der Waals surface area contributed by atoms with Crippen LogP contribution in [0.15, 0.2) is 36.5 Å². The Morgan fingerprint density at radius 2 is 0.881 bits per heavy atom. The van der Waals surface area contributed by atoms with Gasteiger partial charge >= 0.3 is 0 Å². The molecule has 1 saturated heterocycles. The van der Waals surface area contributed by atoms with Crippen LogP contribution >= 0.6 is 0 Å². The highest BCUT2D eigenvalue weighted by Gasteiger charge is 2.44. The van der Waals surface area contributed by atoms with Crippen LogP contribution in [0.3, 0.4) is 0 Å². The van der Waals surface area contributed by atoms with Gasteiger partial charge in [0, 0.05) is 6.42 Å². The molecular formula is C58H109NO8. The summed E-state index contributed by atoms with van der Waals surface area (Å²) in [6.45, 7) is 3.79. The maximum Gasteiger partial charge on any atom is 0.220 e. The molecule has 0 saturated carbocycles. The third kappa shape index (κ3) is 37.9. The van der Waals surface area contributed by atoms with Gasteiger partial charge in [0.2, 0.25) is 5.91 Å². The predicted molar refractivity (Wildman–Crippen MR) is 281 cm³/mol. The molecule has 0 radical (unpaired) electrons. The summed E-state index contributed by atoms with van der Waals surface area (Å²) >= 11 is 0. The molecule has 0 aliphatic carbocycles. The average molecular weight is 949 g/mol. The highest BCUT2D eigenvalue weighted by Crippen LogP contribution is 2.23. The summed E-state index contributed by atoms with van der Waals surface area (Å²) in [5, 5.41) is 54.5. The van der Waals surface area contributed by atoms with Crippen LogP contribution in [-0.4, -0.2) is 87.5 Å². The zero-order valence-corrected chi connectivity index (χ0v) is 43.7. The first-order chi connectivity index (χ1) is 32.8. The van der Waals surface area contributed by atoms with Crippen molar-refractivity contribution >= 4 is 5.91 Å². The molecule has 1 rings (SSSR count). The van der Waals surface area contributed by atoms with Gasteiger partial charge in [-0.3, -0.25) is 4.79 Å². The highest BCUT2D eigenvalue weighted by atomic mass is 16.7. The van der Waals surface area contributed by atoms with Gasteiger partial charge in [0.15, 0.2) is 6.29 Å². The van der Waals surface area contributed by atoms with Crippen LogP contribution in [0, 0.1) is 0 Å². The Bertz CT molecular complexity index is 1150. The van der Waals surface area contributed by atoms with E-state index in [9.17, 15) is 30.3 Å². The second-order valence-corrected chi connectivity index (χ2v) is 20.1. The molecule has 0 spiro atoms. The topological polar surface area (TPSA) is 149 Å². The lowest BCUT2D eigenvalue weighted by molar-refractivity contribution is -0.302. The van der Waals surface area contributed by atoms with Crippen LogP contribution in [0.5, 0.6) is 0 Å². The van der Waals surface area contributed by atoms with Gasteiger partial charge in [-0.05, 0) is 51.4 Å². The molecule has 0 aromatic carbocycles. The van der Waals surface area contributed by atoms with Gasteiger partial charge in [0.05, 0.1) is 25.4 Å². The number of aliphatic hydroxyl groups is 5. The lowest BCUT2D eigenvalue weighted by atomic mass is 9.99. The molecule has 394 valence electrons. The van der Waals surface area contributed by atoms with Gasteiger partial charge in [-0.15, -0.1) is 0 Å². The number of hydrogen-bond donors (Lipinski definition) is 6. The van der Waals surface area contributed by atoms with Crippen molar-refractivity contribution in [3.63, 3.8) is 0 Å². The molecule has 1 aliphatic heterocycles. The predicted octanol–water partition coefficient (Wildman–Crippen LogP) is 14.0. The smallest absolute Gasteiger partial charge is 0.220 e. The third-order valence-electron chi connectivity index (χ3n) is 13.7. The van der Waals surface area contributed by atoms with E-state index < -0.39 is 49.5 Å². The van der Waals surface area contributed by atoms with E-state index in [1.165, 1.54) is 205 Å². The maximum atomic E-state index is 13.0. The number of carbonyl (C=O) groups is 1. The first kappa shape index (κ1) is 63.4. The van der Waals surface area contributed by atoms with E-state index >= 15 is 0 Å². The minimum atomic E-state index is -1.57. The summed E-state index contributed by atoms with van der Waals surface area (Å²) in [6, 6.07) is -0.804. The highest BCUT2D eigenvalue weighted by molar-refractivity contribution is 5.76. The van der Waals surface area contributed by atoms with Gasteiger partial charge < -0.3 is 40.3 Å². The number of aliphatic hydroxyl groups excluding tert-OH is 5. The molecule has 7 unspecified atom stereocenters. The quantitative estimate of drug-likeness (QED) is 0.0261. The average Bonchev–Trinajstić information content (AvgIpc) is 3.33. The van der Waals surface area contributed by atoms with Crippen LogP contribution in [-0.2, 0) is 14.3 Å². The molecular weight excluding hydrogens is 839 g/mol. The summed E-state index contributed by atoms with van der Waals surface area (Å²) in [5.41, 5.74) is 0. The number of ether oxygens (including phenoxy) is 2. The first-order valence-corrected chi connectivity index (χ1v) is 28.7. The van der Waals surface area contributed by atoms with Crippen LogP contribution in [0.25, 0.3) is 0 Å². The van der Waals surface area contributed by atoms with Crippen molar-refractivity contribution in [2.45, 2.75) is 314 Å². The normalized spacial score (nSPS) is 19.9. The Morgan fingerprint density at radius 1 is 0.507 bits per heavy atom. The lowest BCUT2D eigenvalue weighted by Crippen LogP contribution is -2.60. The summed E-state index contributed by atoms with van der Waals surface area (Å²) in [7, 11) is 0. The fraction of sp³-hybridized carbons (Fsp3) is 0.879. The fourth-order valence-corrected chi connectivity index (χ4v) is 9.13. The molecule has 7 atom stereocenters. The Morgan fingerprint density at radius 3 is 1.28 bits per heavy atom. The van der Waals surface area contributed by atoms with Crippen LogP contribution < -0.4 is 5.32 Å². The SMILES string of the molecule is CCCCCCC/C=C\C/C=C\CCCCCCCCCCCCCCCCCC(=O)NC(COC1OC(CO)C(O)C(O)C1O)C(O)/C=C/CCCCCCCCCCCCCCCCC. The van der Waals surface area contributed by atoms with Crippen LogP contribution in [0.2, 0.25) is 0 Å². The number of allylic oxidation sites excluding steroid dienone is 5. The van der Waals surface area contributed by atoms with Gasteiger partial charge in [-0.25, -0.2) is 0 Å². The number of hydrogen-bond acceptors (Lipinski definition) is 8. The van der Waals surface area contributed by atoms with E-state index in [2.05, 4.69) is 43.5 Å². The Labute approximate surface area is 412 Å². The van der Waals surface area contributed by atoms with Crippen molar-refractivity contribution in [3.05, 3.63) is 36.5 Å².